The maximum absolute atomic E-state index is 5.71. The number of rotatable bonds is 7. The molecule has 0 amide bonds. The van der Waals surface area contributed by atoms with Crippen molar-refractivity contribution in [3.05, 3.63) is 29.8 Å². The Kier molecular flexibility index (Phi) is 5.90. The van der Waals surface area contributed by atoms with Crippen LogP contribution in [0.4, 0.5) is 0 Å². The van der Waals surface area contributed by atoms with E-state index in [0.717, 1.165) is 24.5 Å². The van der Waals surface area contributed by atoms with E-state index in [9.17, 15) is 0 Å². The summed E-state index contributed by atoms with van der Waals surface area (Å²) in [4.78, 5) is 0. The lowest BCUT2D eigenvalue weighted by atomic mass is 10.2. The summed E-state index contributed by atoms with van der Waals surface area (Å²) in [7, 11) is 3.65. The van der Waals surface area contributed by atoms with Gasteiger partial charge in [0.25, 0.3) is 0 Å². The van der Waals surface area contributed by atoms with Gasteiger partial charge < -0.3 is 14.8 Å². The lowest BCUT2D eigenvalue weighted by Crippen LogP contribution is -2.21. The molecule has 1 atom stereocenters. The Morgan fingerprint density at radius 1 is 1.38 bits per heavy atom. The molecule has 90 valence electrons. The van der Waals surface area contributed by atoms with E-state index in [2.05, 4.69) is 12.2 Å². The van der Waals surface area contributed by atoms with Crippen molar-refractivity contribution in [2.24, 2.45) is 5.92 Å². The van der Waals surface area contributed by atoms with E-state index in [0.29, 0.717) is 12.5 Å². The summed E-state index contributed by atoms with van der Waals surface area (Å²) < 4.78 is 10.8. The number of benzene rings is 1. The van der Waals surface area contributed by atoms with Crippen molar-refractivity contribution in [3.8, 4) is 5.75 Å². The minimum absolute atomic E-state index is 0.510. The summed E-state index contributed by atoms with van der Waals surface area (Å²) in [6.07, 6.45) is 0. The fourth-order valence-electron chi connectivity index (χ4n) is 1.54. The summed E-state index contributed by atoms with van der Waals surface area (Å²) in [6.45, 7) is 4.49. The second kappa shape index (κ2) is 7.25. The van der Waals surface area contributed by atoms with Crippen LogP contribution in [-0.2, 0) is 11.3 Å². The van der Waals surface area contributed by atoms with Crippen molar-refractivity contribution >= 4 is 0 Å². The zero-order valence-electron chi connectivity index (χ0n) is 10.3. The molecule has 0 aliphatic rings. The van der Waals surface area contributed by atoms with E-state index >= 15 is 0 Å². The molecule has 0 heterocycles. The number of nitrogens with one attached hydrogen (secondary N) is 1. The first kappa shape index (κ1) is 13.0. The first-order chi connectivity index (χ1) is 7.76. The molecule has 0 aliphatic heterocycles. The molecule has 0 saturated carbocycles. The van der Waals surface area contributed by atoms with Gasteiger partial charge in [-0.25, -0.2) is 0 Å². The highest BCUT2D eigenvalue weighted by Crippen LogP contribution is 2.14. The van der Waals surface area contributed by atoms with Crippen LogP contribution in [0.5, 0.6) is 5.75 Å². The molecule has 1 aromatic carbocycles. The predicted octanol–water partition coefficient (Wildman–Crippen LogP) is 2.07. The van der Waals surface area contributed by atoms with Crippen molar-refractivity contribution in [2.45, 2.75) is 13.5 Å². The molecule has 3 nitrogen and oxygen atoms in total. The molecule has 0 spiro atoms. The first-order valence-electron chi connectivity index (χ1n) is 5.61. The molecule has 0 fully saturated rings. The average Bonchev–Trinajstić information content (AvgIpc) is 2.28. The summed E-state index contributed by atoms with van der Waals surface area (Å²) in [5.74, 6) is 1.42. The highest BCUT2D eigenvalue weighted by atomic mass is 16.5. The van der Waals surface area contributed by atoms with Gasteiger partial charge in [0.15, 0.2) is 0 Å². The van der Waals surface area contributed by atoms with Crippen LogP contribution in [0, 0.1) is 5.92 Å². The minimum atomic E-state index is 0.510. The third-order valence-corrected chi connectivity index (χ3v) is 2.30. The molecule has 3 heteroatoms. The molecule has 1 N–H and O–H groups in total. The van der Waals surface area contributed by atoms with Crippen LogP contribution in [0.3, 0.4) is 0 Å². The SMILES string of the molecule is CNCC(C)COc1cccc(COC)c1. The molecule has 0 aromatic heterocycles. The predicted molar refractivity (Wildman–Crippen MR) is 65.7 cm³/mol. The maximum Gasteiger partial charge on any atom is 0.119 e. The Balaban J connectivity index is 2.44. The largest absolute Gasteiger partial charge is 0.493 e. The molecule has 0 radical (unpaired) electrons. The van der Waals surface area contributed by atoms with E-state index in [1.54, 1.807) is 7.11 Å². The third kappa shape index (κ3) is 4.64. The first-order valence-corrected chi connectivity index (χ1v) is 5.61. The fraction of sp³-hybridized carbons (Fsp3) is 0.538. The third-order valence-electron chi connectivity index (χ3n) is 2.30. The fourth-order valence-corrected chi connectivity index (χ4v) is 1.54. The summed E-state index contributed by atoms with van der Waals surface area (Å²) in [5.41, 5.74) is 1.14. The van der Waals surface area contributed by atoms with Crippen LogP contribution in [0.2, 0.25) is 0 Å². The van der Waals surface area contributed by atoms with Gasteiger partial charge in [0.1, 0.15) is 5.75 Å². The van der Waals surface area contributed by atoms with Gasteiger partial charge in [-0.1, -0.05) is 19.1 Å². The van der Waals surface area contributed by atoms with Gasteiger partial charge in [0.2, 0.25) is 0 Å². The molecular formula is C13H21NO2. The monoisotopic (exact) mass is 223 g/mol. The molecule has 0 bridgehead atoms. The lowest BCUT2D eigenvalue weighted by molar-refractivity contribution is 0.184. The van der Waals surface area contributed by atoms with Crippen LogP contribution in [-0.4, -0.2) is 27.3 Å². The summed E-state index contributed by atoms with van der Waals surface area (Å²) in [5, 5.41) is 3.14. The van der Waals surface area contributed by atoms with Crippen LogP contribution < -0.4 is 10.1 Å². The Bertz CT molecular complexity index is 302. The Morgan fingerprint density at radius 3 is 2.88 bits per heavy atom. The van der Waals surface area contributed by atoms with Crippen LogP contribution in [0.15, 0.2) is 24.3 Å². The minimum Gasteiger partial charge on any atom is -0.493 e. The number of methoxy groups -OCH3 is 1. The second-order valence-electron chi connectivity index (χ2n) is 4.05. The van der Waals surface area contributed by atoms with Crippen LogP contribution in [0.25, 0.3) is 0 Å². The quantitative estimate of drug-likeness (QED) is 0.767. The smallest absolute Gasteiger partial charge is 0.119 e. The standard InChI is InChI=1S/C13H21NO2/c1-11(8-14-2)9-16-13-6-4-5-12(7-13)10-15-3/h4-7,11,14H,8-10H2,1-3H3. The number of hydrogen-bond acceptors (Lipinski definition) is 3. The van der Waals surface area contributed by atoms with Gasteiger partial charge in [-0.15, -0.1) is 0 Å². The van der Waals surface area contributed by atoms with Gasteiger partial charge in [-0.05, 0) is 24.7 Å². The molecule has 0 aliphatic carbocycles. The number of ether oxygens (including phenoxy) is 2. The van der Waals surface area contributed by atoms with Gasteiger partial charge in [0.05, 0.1) is 13.2 Å². The zero-order valence-corrected chi connectivity index (χ0v) is 10.3. The second-order valence-corrected chi connectivity index (χ2v) is 4.05. The molecule has 1 aromatic rings. The van der Waals surface area contributed by atoms with E-state index in [1.165, 1.54) is 0 Å². The van der Waals surface area contributed by atoms with Crippen molar-refractivity contribution in [2.75, 3.05) is 27.3 Å². The van der Waals surface area contributed by atoms with E-state index < -0.39 is 0 Å². The normalized spacial score (nSPS) is 12.4. The zero-order chi connectivity index (χ0) is 11.8. The van der Waals surface area contributed by atoms with E-state index in [-0.39, 0.29) is 0 Å². The topological polar surface area (TPSA) is 30.5 Å². The van der Waals surface area contributed by atoms with Crippen molar-refractivity contribution < 1.29 is 9.47 Å². The Labute approximate surface area is 97.8 Å². The van der Waals surface area contributed by atoms with Gasteiger partial charge in [-0.2, -0.15) is 0 Å². The van der Waals surface area contributed by atoms with Crippen molar-refractivity contribution in [3.63, 3.8) is 0 Å². The molecule has 0 saturated heterocycles. The Morgan fingerprint density at radius 2 is 2.19 bits per heavy atom. The average molecular weight is 223 g/mol. The van der Waals surface area contributed by atoms with Crippen molar-refractivity contribution in [1.82, 2.24) is 5.32 Å². The van der Waals surface area contributed by atoms with Gasteiger partial charge in [-0.3, -0.25) is 0 Å². The van der Waals surface area contributed by atoms with Crippen LogP contribution in [0.1, 0.15) is 12.5 Å². The highest BCUT2D eigenvalue weighted by molar-refractivity contribution is 5.28. The molecular weight excluding hydrogens is 202 g/mol. The molecule has 1 unspecified atom stereocenters. The lowest BCUT2D eigenvalue weighted by Gasteiger charge is -2.13. The summed E-state index contributed by atoms with van der Waals surface area (Å²) >= 11 is 0. The Hall–Kier alpha value is -1.06. The van der Waals surface area contributed by atoms with E-state index in [4.69, 9.17) is 9.47 Å². The number of hydrogen-bond donors (Lipinski definition) is 1. The molecule has 1 rings (SSSR count). The summed E-state index contributed by atoms with van der Waals surface area (Å²) in [6, 6.07) is 8.03. The molecule has 16 heavy (non-hydrogen) atoms. The van der Waals surface area contributed by atoms with Crippen LogP contribution >= 0.6 is 0 Å². The van der Waals surface area contributed by atoms with E-state index in [1.807, 2.05) is 31.3 Å². The maximum atomic E-state index is 5.71. The van der Waals surface area contributed by atoms with Crippen molar-refractivity contribution in [1.29, 1.82) is 0 Å². The van der Waals surface area contributed by atoms with Gasteiger partial charge in [0, 0.05) is 19.6 Å². The van der Waals surface area contributed by atoms with Gasteiger partial charge >= 0.3 is 0 Å². The highest BCUT2D eigenvalue weighted by Gasteiger charge is 2.02.